The van der Waals surface area contributed by atoms with Crippen molar-refractivity contribution < 1.29 is 18.1 Å². The minimum Gasteiger partial charge on any atom is -0.258 e. The Labute approximate surface area is 77.3 Å². The monoisotopic (exact) mass is 204 g/mol. The highest BCUT2D eigenvalue weighted by molar-refractivity contribution is 5.50. The van der Waals surface area contributed by atoms with Gasteiger partial charge < -0.3 is 0 Å². The number of hydrogen-bond acceptors (Lipinski definition) is 2. The Morgan fingerprint density at radius 1 is 1.36 bits per heavy atom. The van der Waals surface area contributed by atoms with Crippen molar-refractivity contribution >= 4 is 5.69 Å². The molecule has 0 spiro atoms. The molecule has 0 aliphatic carbocycles. The van der Waals surface area contributed by atoms with Crippen LogP contribution in [-0.2, 0) is 6.18 Å². The molecular formula is C8H5F3NO2. The Kier molecular flexibility index (Phi) is 2.46. The van der Waals surface area contributed by atoms with Gasteiger partial charge in [-0.1, -0.05) is 12.1 Å². The first-order valence-corrected chi connectivity index (χ1v) is 3.50. The number of halogens is 3. The molecule has 1 rings (SSSR count). The lowest BCUT2D eigenvalue weighted by atomic mass is 10.1. The van der Waals surface area contributed by atoms with Crippen LogP contribution in [0.15, 0.2) is 18.2 Å². The van der Waals surface area contributed by atoms with Gasteiger partial charge >= 0.3 is 6.18 Å². The van der Waals surface area contributed by atoms with Gasteiger partial charge in [0, 0.05) is 5.56 Å². The third kappa shape index (κ3) is 1.84. The second-order valence-electron chi connectivity index (χ2n) is 2.57. The standard InChI is InChI=1S/C8H5F3NO2/c1-5-3-2-4-6(8(9,10)11)7(5)12(13)14/h2-4H,1H2. The van der Waals surface area contributed by atoms with E-state index < -0.39 is 22.4 Å². The first-order chi connectivity index (χ1) is 6.34. The van der Waals surface area contributed by atoms with Crippen molar-refractivity contribution in [2.45, 2.75) is 6.18 Å². The molecule has 0 unspecified atom stereocenters. The van der Waals surface area contributed by atoms with E-state index in [-0.39, 0.29) is 5.56 Å². The number of hydrogen-bond donors (Lipinski definition) is 0. The Morgan fingerprint density at radius 3 is 2.29 bits per heavy atom. The zero-order valence-electron chi connectivity index (χ0n) is 6.84. The third-order valence-corrected chi connectivity index (χ3v) is 1.61. The lowest BCUT2D eigenvalue weighted by Crippen LogP contribution is -2.09. The van der Waals surface area contributed by atoms with Gasteiger partial charge in [0.05, 0.1) is 4.92 Å². The lowest BCUT2D eigenvalue weighted by molar-refractivity contribution is -0.388. The maximum atomic E-state index is 12.3. The molecule has 0 amide bonds. The largest absolute Gasteiger partial charge is 0.423 e. The molecule has 0 aliphatic heterocycles. The van der Waals surface area contributed by atoms with Crippen LogP contribution in [0.2, 0.25) is 0 Å². The summed E-state index contributed by atoms with van der Waals surface area (Å²) in [5.74, 6) is 0. The van der Waals surface area contributed by atoms with Crippen LogP contribution < -0.4 is 0 Å². The van der Waals surface area contributed by atoms with E-state index in [4.69, 9.17) is 0 Å². The van der Waals surface area contributed by atoms with Crippen molar-refractivity contribution in [3.8, 4) is 0 Å². The average molecular weight is 204 g/mol. The van der Waals surface area contributed by atoms with Crippen molar-refractivity contribution in [3.05, 3.63) is 46.4 Å². The van der Waals surface area contributed by atoms with E-state index in [0.29, 0.717) is 6.07 Å². The Bertz CT molecular complexity index is 373. The van der Waals surface area contributed by atoms with Crippen LogP contribution in [-0.4, -0.2) is 4.92 Å². The highest BCUT2D eigenvalue weighted by Gasteiger charge is 2.38. The van der Waals surface area contributed by atoms with E-state index in [2.05, 4.69) is 6.92 Å². The minimum absolute atomic E-state index is 0.246. The fourth-order valence-corrected chi connectivity index (χ4v) is 1.04. The van der Waals surface area contributed by atoms with Crippen LogP contribution in [0, 0.1) is 17.0 Å². The summed E-state index contributed by atoms with van der Waals surface area (Å²) in [6, 6.07) is 2.90. The van der Waals surface area contributed by atoms with E-state index in [1.54, 1.807) is 0 Å². The van der Waals surface area contributed by atoms with Gasteiger partial charge in [-0.05, 0) is 13.0 Å². The molecule has 0 aromatic heterocycles. The molecule has 14 heavy (non-hydrogen) atoms. The number of nitro groups is 1. The number of rotatable bonds is 1. The van der Waals surface area contributed by atoms with E-state index in [1.165, 1.54) is 0 Å². The van der Waals surface area contributed by atoms with Crippen LogP contribution in [0.4, 0.5) is 18.9 Å². The SMILES string of the molecule is [CH2]c1cccc(C(F)(F)F)c1[N+](=O)[O-]. The number of benzene rings is 1. The topological polar surface area (TPSA) is 43.1 Å². The number of nitro benzene ring substituents is 1. The molecule has 0 atom stereocenters. The van der Waals surface area contributed by atoms with E-state index in [1.807, 2.05) is 0 Å². The maximum absolute atomic E-state index is 12.3. The van der Waals surface area contributed by atoms with Crippen LogP contribution in [0.25, 0.3) is 0 Å². The molecule has 0 saturated carbocycles. The predicted octanol–water partition coefficient (Wildman–Crippen LogP) is 2.80. The second kappa shape index (κ2) is 3.28. The molecule has 0 bridgehead atoms. The van der Waals surface area contributed by atoms with Crippen molar-refractivity contribution in [3.63, 3.8) is 0 Å². The van der Waals surface area contributed by atoms with Gasteiger partial charge in [0.1, 0.15) is 5.56 Å². The number of alkyl halides is 3. The van der Waals surface area contributed by atoms with Crippen molar-refractivity contribution in [2.24, 2.45) is 0 Å². The lowest BCUT2D eigenvalue weighted by Gasteiger charge is -2.07. The molecule has 0 saturated heterocycles. The molecule has 1 aromatic rings. The van der Waals surface area contributed by atoms with Crippen molar-refractivity contribution in [2.75, 3.05) is 0 Å². The number of nitrogens with zero attached hydrogens (tertiary/aromatic N) is 1. The third-order valence-electron chi connectivity index (χ3n) is 1.61. The normalized spacial score (nSPS) is 11.4. The van der Waals surface area contributed by atoms with Gasteiger partial charge in [0.15, 0.2) is 0 Å². The molecule has 1 radical (unpaired) electrons. The Balaban J connectivity index is 3.44. The average Bonchev–Trinajstić information content (AvgIpc) is 2.01. The van der Waals surface area contributed by atoms with Crippen LogP contribution >= 0.6 is 0 Å². The smallest absolute Gasteiger partial charge is 0.258 e. The van der Waals surface area contributed by atoms with E-state index in [0.717, 1.165) is 12.1 Å². The van der Waals surface area contributed by atoms with Gasteiger partial charge in [-0.25, -0.2) is 0 Å². The molecule has 0 fully saturated rings. The van der Waals surface area contributed by atoms with Crippen molar-refractivity contribution in [1.82, 2.24) is 0 Å². The molecule has 0 heterocycles. The van der Waals surface area contributed by atoms with Gasteiger partial charge in [-0.3, -0.25) is 10.1 Å². The fourth-order valence-electron chi connectivity index (χ4n) is 1.04. The summed E-state index contributed by atoms with van der Waals surface area (Å²) in [5.41, 5.74) is -2.50. The zero-order chi connectivity index (χ0) is 10.9. The summed E-state index contributed by atoms with van der Waals surface area (Å²) in [7, 11) is 0. The quantitative estimate of drug-likeness (QED) is 0.521. The molecular weight excluding hydrogens is 199 g/mol. The Hall–Kier alpha value is -1.59. The first kappa shape index (κ1) is 10.5. The van der Waals surface area contributed by atoms with Gasteiger partial charge in [-0.2, -0.15) is 13.2 Å². The molecule has 75 valence electrons. The van der Waals surface area contributed by atoms with E-state index >= 15 is 0 Å². The van der Waals surface area contributed by atoms with Crippen molar-refractivity contribution in [1.29, 1.82) is 0 Å². The van der Waals surface area contributed by atoms with Gasteiger partial charge in [0.2, 0.25) is 0 Å². The predicted molar refractivity (Wildman–Crippen MR) is 42.6 cm³/mol. The first-order valence-electron chi connectivity index (χ1n) is 3.50. The summed E-state index contributed by atoms with van der Waals surface area (Å²) in [6.45, 7) is 3.17. The zero-order valence-corrected chi connectivity index (χ0v) is 6.84. The van der Waals surface area contributed by atoms with E-state index in [9.17, 15) is 23.3 Å². The summed E-state index contributed by atoms with van der Waals surface area (Å²) in [4.78, 5) is 9.28. The highest BCUT2D eigenvalue weighted by Crippen LogP contribution is 2.37. The van der Waals surface area contributed by atoms with Crippen LogP contribution in [0.3, 0.4) is 0 Å². The molecule has 0 N–H and O–H groups in total. The minimum atomic E-state index is -4.73. The molecule has 6 heteroatoms. The van der Waals surface area contributed by atoms with Crippen LogP contribution in [0.1, 0.15) is 11.1 Å². The summed E-state index contributed by atoms with van der Waals surface area (Å²) in [6.07, 6.45) is -4.73. The van der Waals surface area contributed by atoms with Gasteiger partial charge in [0.25, 0.3) is 5.69 Å². The summed E-state index contributed by atoms with van der Waals surface area (Å²) < 4.78 is 36.8. The molecule has 3 nitrogen and oxygen atoms in total. The maximum Gasteiger partial charge on any atom is 0.423 e. The molecule has 1 aromatic carbocycles. The Morgan fingerprint density at radius 2 is 1.93 bits per heavy atom. The number of para-hydroxylation sites is 1. The summed E-state index contributed by atoms with van der Waals surface area (Å²) >= 11 is 0. The van der Waals surface area contributed by atoms with Gasteiger partial charge in [-0.15, -0.1) is 0 Å². The fraction of sp³-hybridized carbons (Fsp3) is 0.125. The highest BCUT2D eigenvalue weighted by atomic mass is 19.4. The summed E-state index contributed by atoms with van der Waals surface area (Å²) in [5, 5.41) is 10.4. The molecule has 0 aliphatic rings. The van der Waals surface area contributed by atoms with Crippen LogP contribution in [0.5, 0.6) is 0 Å². The second-order valence-corrected chi connectivity index (χ2v) is 2.57.